The van der Waals surface area contributed by atoms with Crippen molar-refractivity contribution in [2.45, 2.75) is 37.6 Å². The second-order valence-electron chi connectivity index (χ2n) is 4.83. The SMILES string of the molecule is N#CC1(NC(=O)c2ccc(Br)cc2Cl)CCCCC1. The third-order valence-corrected chi connectivity index (χ3v) is 4.26. The van der Waals surface area contributed by atoms with Crippen LogP contribution in [-0.4, -0.2) is 11.4 Å². The van der Waals surface area contributed by atoms with Crippen molar-refractivity contribution in [3.8, 4) is 6.07 Å². The van der Waals surface area contributed by atoms with E-state index >= 15 is 0 Å². The van der Waals surface area contributed by atoms with Gasteiger partial charge in [-0.15, -0.1) is 0 Å². The van der Waals surface area contributed by atoms with Crippen LogP contribution in [0.1, 0.15) is 42.5 Å². The van der Waals surface area contributed by atoms with Crippen molar-refractivity contribution >= 4 is 33.4 Å². The molecule has 1 aromatic carbocycles. The molecule has 3 nitrogen and oxygen atoms in total. The fourth-order valence-electron chi connectivity index (χ4n) is 2.38. The van der Waals surface area contributed by atoms with Gasteiger partial charge in [0.2, 0.25) is 0 Å². The fourth-order valence-corrected chi connectivity index (χ4v) is 3.14. The summed E-state index contributed by atoms with van der Waals surface area (Å²) >= 11 is 9.36. The molecular weight excluding hydrogens is 328 g/mol. The van der Waals surface area contributed by atoms with E-state index in [4.69, 9.17) is 11.6 Å². The normalized spacial score (nSPS) is 17.5. The third kappa shape index (κ3) is 3.29. The number of carbonyl (C=O) groups excluding carboxylic acids is 1. The Morgan fingerprint density at radius 2 is 2.05 bits per heavy atom. The average molecular weight is 342 g/mol. The first-order chi connectivity index (χ1) is 9.06. The standard InChI is InChI=1S/C14H14BrClN2O/c15-10-4-5-11(12(16)8-10)13(19)18-14(9-17)6-2-1-3-7-14/h4-5,8H,1-3,6-7H2,(H,18,19). The summed E-state index contributed by atoms with van der Waals surface area (Å²) in [5, 5.41) is 12.6. The average Bonchev–Trinajstić information content (AvgIpc) is 2.39. The van der Waals surface area contributed by atoms with Crippen LogP contribution < -0.4 is 5.32 Å². The molecule has 0 aromatic heterocycles. The van der Waals surface area contributed by atoms with Gasteiger partial charge in [-0.2, -0.15) is 5.26 Å². The van der Waals surface area contributed by atoms with E-state index in [0.717, 1.165) is 23.7 Å². The van der Waals surface area contributed by atoms with Gasteiger partial charge >= 0.3 is 0 Å². The lowest BCUT2D eigenvalue weighted by Crippen LogP contribution is -2.48. The van der Waals surface area contributed by atoms with Gasteiger partial charge in [0.1, 0.15) is 5.54 Å². The van der Waals surface area contributed by atoms with Crippen molar-refractivity contribution < 1.29 is 4.79 Å². The topological polar surface area (TPSA) is 52.9 Å². The molecule has 1 aliphatic rings. The molecule has 0 radical (unpaired) electrons. The molecule has 0 bridgehead atoms. The lowest BCUT2D eigenvalue weighted by molar-refractivity contribution is 0.0903. The van der Waals surface area contributed by atoms with Crippen LogP contribution in [0.2, 0.25) is 5.02 Å². The maximum atomic E-state index is 12.2. The monoisotopic (exact) mass is 340 g/mol. The van der Waals surface area contributed by atoms with E-state index in [1.54, 1.807) is 18.2 Å². The molecular formula is C14H14BrClN2O. The number of hydrogen-bond acceptors (Lipinski definition) is 2. The molecule has 0 aliphatic heterocycles. The van der Waals surface area contributed by atoms with E-state index in [-0.39, 0.29) is 5.91 Å². The molecule has 100 valence electrons. The fraction of sp³-hybridized carbons (Fsp3) is 0.429. The summed E-state index contributed by atoms with van der Waals surface area (Å²) in [7, 11) is 0. The van der Waals surface area contributed by atoms with Crippen molar-refractivity contribution in [3.63, 3.8) is 0 Å². The summed E-state index contributed by atoms with van der Waals surface area (Å²) in [6.45, 7) is 0. The zero-order valence-electron chi connectivity index (χ0n) is 10.4. The van der Waals surface area contributed by atoms with E-state index in [1.807, 2.05) is 0 Å². The summed E-state index contributed by atoms with van der Waals surface area (Å²) in [5.74, 6) is -0.277. The number of hydrogen-bond donors (Lipinski definition) is 1. The molecule has 1 saturated carbocycles. The van der Waals surface area contributed by atoms with Gasteiger partial charge in [-0.3, -0.25) is 4.79 Å². The number of nitrogens with zero attached hydrogens (tertiary/aromatic N) is 1. The molecule has 1 aromatic rings. The lowest BCUT2D eigenvalue weighted by atomic mass is 9.82. The third-order valence-electron chi connectivity index (χ3n) is 3.45. The van der Waals surface area contributed by atoms with Crippen molar-refractivity contribution in [3.05, 3.63) is 33.3 Å². The Balaban J connectivity index is 2.18. The van der Waals surface area contributed by atoms with E-state index in [1.165, 1.54) is 0 Å². The number of amides is 1. The summed E-state index contributed by atoms with van der Waals surface area (Å²) in [5.41, 5.74) is -0.323. The molecule has 1 N–H and O–H groups in total. The molecule has 2 rings (SSSR count). The van der Waals surface area contributed by atoms with Gasteiger partial charge in [0, 0.05) is 4.47 Å². The Kier molecular flexibility index (Phi) is 4.49. The van der Waals surface area contributed by atoms with Crippen molar-refractivity contribution in [2.75, 3.05) is 0 Å². The molecule has 0 heterocycles. The minimum Gasteiger partial charge on any atom is -0.334 e. The molecule has 1 amide bonds. The van der Waals surface area contributed by atoms with Crippen LogP contribution >= 0.6 is 27.5 Å². The molecule has 1 aliphatic carbocycles. The Morgan fingerprint density at radius 3 is 2.63 bits per heavy atom. The first-order valence-electron chi connectivity index (χ1n) is 6.25. The minimum absolute atomic E-state index is 0.277. The summed E-state index contributed by atoms with van der Waals surface area (Å²) in [6.07, 6.45) is 4.49. The molecule has 1 fully saturated rings. The summed E-state index contributed by atoms with van der Waals surface area (Å²) in [4.78, 5) is 12.2. The number of nitriles is 1. The van der Waals surface area contributed by atoms with Crippen LogP contribution in [0.5, 0.6) is 0 Å². The number of halogens is 2. The Hall–Kier alpha value is -1.05. The summed E-state index contributed by atoms with van der Waals surface area (Å²) in [6, 6.07) is 7.37. The highest BCUT2D eigenvalue weighted by Gasteiger charge is 2.34. The zero-order chi connectivity index (χ0) is 13.9. The van der Waals surface area contributed by atoms with Gasteiger partial charge in [0.15, 0.2) is 0 Å². The highest BCUT2D eigenvalue weighted by molar-refractivity contribution is 9.10. The summed E-state index contributed by atoms with van der Waals surface area (Å²) < 4.78 is 0.821. The first kappa shape index (κ1) is 14.4. The Morgan fingerprint density at radius 1 is 1.37 bits per heavy atom. The van der Waals surface area contributed by atoms with E-state index in [9.17, 15) is 10.1 Å². The number of carbonyl (C=O) groups is 1. The van der Waals surface area contributed by atoms with Gasteiger partial charge in [-0.05, 0) is 31.0 Å². The molecule has 0 saturated heterocycles. The van der Waals surface area contributed by atoms with Crippen LogP contribution in [0.3, 0.4) is 0 Å². The number of benzene rings is 1. The Labute approximate surface area is 126 Å². The molecule has 0 spiro atoms. The van der Waals surface area contributed by atoms with Crippen molar-refractivity contribution in [2.24, 2.45) is 0 Å². The van der Waals surface area contributed by atoms with Gasteiger partial charge < -0.3 is 5.32 Å². The van der Waals surface area contributed by atoms with Gasteiger partial charge in [0.25, 0.3) is 5.91 Å². The molecule has 19 heavy (non-hydrogen) atoms. The maximum Gasteiger partial charge on any atom is 0.254 e. The second kappa shape index (κ2) is 5.94. The first-order valence-corrected chi connectivity index (χ1v) is 7.42. The lowest BCUT2D eigenvalue weighted by Gasteiger charge is -2.31. The smallest absolute Gasteiger partial charge is 0.254 e. The zero-order valence-corrected chi connectivity index (χ0v) is 12.7. The maximum absolute atomic E-state index is 12.2. The molecule has 0 atom stereocenters. The highest BCUT2D eigenvalue weighted by atomic mass is 79.9. The number of rotatable bonds is 2. The van der Waals surface area contributed by atoms with Crippen LogP contribution in [-0.2, 0) is 0 Å². The largest absolute Gasteiger partial charge is 0.334 e. The Bertz CT molecular complexity index is 533. The van der Waals surface area contributed by atoms with Crippen LogP contribution in [0, 0.1) is 11.3 Å². The van der Waals surface area contributed by atoms with Crippen LogP contribution in [0.15, 0.2) is 22.7 Å². The van der Waals surface area contributed by atoms with Gasteiger partial charge in [0.05, 0.1) is 16.7 Å². The molecule has 0 unspecified atom stereocenters. The van der Waals surface area contributed by atoms with Crippen molar-refractivity contribution in [1.82, 2.24) is 5.32 Å². The predicted octanol–water partition coefficient (Wildman–Crippen LogP) is 4.06. The second-order valence-corrected chi connectivity index (χ2v) is 6.16. The van der Waals surface area contributed by atoms with Gasteiger partial charge in [-0.25, -0.2) is 0 Å². The van der Waals surface area contributed by atoms with Crippen molar-refractivity contribution in [1.29, 1.82) is 5.26 Å². The van der Waals surface area contributed by atoms with E-state index in [2.05, 4.69) is 27.3 Å². The van der Waals surface area contributed by atoms with Crippen LogP contribution in [0.4, 0.5) is 0 Å². The minimum atomic E-state index is -0.730. The highest BCUT2D eigenvalue weighted by Crippen LogP contribution is 2.29. The predicted molar refractivity (Wildman–Crippen MR) is 78.0 cm³/mol. The number of nitrogens with one attached hydrogen (secondary N) is 1. The quantitative estimate of drug-likeness (QED) is 0.882. The van der Waals surface area contributed by atoms with E-state index in [0.29, 0.717) is 23.4 Å². The molecule has 5 heteroatoms. The van der Waals surface area contributed by atoms with Gasteiger partial charge in [-0.1, -0.05) is 46.8 Å². The van der Waals surface area contributed by atoms with E-state index < -0.39 is 5.54 Å². The van der Waals surface area contributed by atoms with Crippen LogP contribution in [0.25, 0.3) is 0 Å².